The highest BCUT2D eigenvalue weighted by atomic mass is 16.5. The third kappa shape index (κ3) is 2.88. The summed E-state index contributed by atoms with van der Waals surface area (Å²) in [6.07, 6.45) is 2.59. The molecular weight excluding hydrogens is 312 g/mol. The fraction of sp³-hybridized carbons (Fsp3) is 0.625. The van der Waals surface area contributed by atoms with Gasteiger partial charge >= 0.3 is 11.7 Å². The van der Waals surface area contributed by atoms with Crippen molar-refractivity contribution in [3.05, 3.63) is 26.7 Å². The SMILES string of the molecule is CCCCn1c(=O)[nH]c(=O)c2c1nc(COC(=O)[C@H]1C[C@H]1C)n2C. The summed E-state index contributed by atoms with van der Waals surface area (Å²) >= 11 is 0. The van der Waals surface area contributed by atoms with Crippen LogP contribution in [0.2, 0.25) is 0 Å². The zero-order chi connectivity index (χ0) is 17.4. The number of nitrogens with one attached hydrogen (secondary N) is 1. The average molecular weight is 334 g/mol. The van der Waals surface area contributed by atoms with Crippen molar-refractivity contribution in [2.75, 3.05) is 0 Å². The Bertz CT molecular complexity index is 892. The summed E-state index contributed by atoms with van der Waals surface area (Å²) in [4.78, 5) is 42.8. The van der Waals surface area contributed by atoms with E-state index < -0.39 is 11.2 Å². The average Bonchev–Trinajstić information content (AvgIpc) is 3.17. The van der Waals surface area contributed by atoms with Crippen molar-refractivity contribution in [3.63, 3.8) is 0 Å². The molecule has 1 N–H and O–H groups in total. The van der Waals surface area contributed by atoms with Gasteiger partial charge in [-0.1, -0.05) is 20.3 Å². The van der Waals surface area contributed by atoms with Gasteiger partial charge in [-0.05, 0) is 18.8 Å². The summed E-state index contributed by atoms with van der Waals surface area (Å²) in [6.45, 7) is 4.51. The monoisotopic (exact) mass is 334 g/mol. The zero-order valence-corrected chi connectivity index (χ0v) is 14.2. The number of nitrogens with zero attached hydrogens (tertiary/aromatic N) is 3. The third-order valence-corrected chi connectivity index (χ3v) is 4.60. The molecule has 0 aromatic carbocycles. The lowest BCUT2D eigenvalue weighted by Gasteiger charge is -2.04. The summed E-state index contributed by atoms with van der Waals surface area (Å²) in [5.41, 5.74) is -0.289. The molecule has 130 valence electrons. The molecule has 0 aliphatic heterocycles. The van der Waals surface area contributed by atoms with E-state index in [2.05, 4.69) is 9.97 Å². The van der Waals surface area contributed by atoms with Crippen LogP contribution in [0, 0.1) is 11.8 Å². The van der Waals surface area contributed by atoms with E-state index in [0.717, 1.165) is 19.3 Å². The number of esters is 1. The van der Waals surface area contributed by atoms with Crippen molar-refractivity contribution in [3.8, 4) is 0 Å². The second-order valence-electron chi connectivity index (χ2n) is 6.45. The van der Waals surface area contributed by atoms with E-state index in [1.165, 1.54) is 4.57 Å². The minimum atomic E-state index is -0.480. The van der Waals surface area contributed by atoms with Crippen LogP contribution in [0.4, 0.5) is 0 Å². The number of aromatic amines is 1. The molecule has 1 aliphatic carbocycles. The number of unbranched alkanes of at least 4 members (excludes halogenated alkanes) is 1. The number of imidazole rings is 1. The predicted octanol–water partition coefficient (Wildman–Crippen LogP) is 0.923. The molecule has 3 rings (SSSR count). The molecule has 0 spiro atoms. The Morgan fingerprint density at radius 1 is 1.42 bits per heavy atom. The van der Waals surface area contributed by atoms with E-state index in [1.54, 1.807) is 11.6 Å². The van der Waals surface area contributed by atoms with Gasteiger partial charge in [0.05, 0.1) is 5.92 Å². The summed E-state index contributed by atoms with van der Waals surface area (Å²) in [5.74, 6) is 0.575. The molecular formula is C16H22N4O4. The molecule has 2 heterocycles. The van der Waals surface area contributed by atoms with Crippen LogP contribution in [0.15, 0.2) is 9.59 Å². The van der Waals surface area contributed by atoms with Crippen LogP contribution in [0.3, 0.4) is 0 Å². The molecule has 8 nitrogen and oxygen atoms in total. The Morgan fingerprint density at radius 3 is 2.75 bits per heavy atom. The van der Waals surface area contributed by atoms with E-state index in [0.29, 0.717) is 29.5 Å². The van der Waals surface area contributed by atoms with Crippen LogP contribution in [-0.2, 0) is 29.7 Å². The fourth-order valence-corrected chi connectivity index (χ4v) is 2.84. The van der Waals surface area contributed by atoms with Crippen molar-refractivity contribution in [2.45, 2.75) is 46.3 Å². The molecule has 0 saturated heterocycles. The maximum absolute atomic E-state index is 12.1. The topological polar surface area (TPSA) is 99.0 Å². The molecule has 0 radical (unpaired) electrons. The Hall–Kier alpha value is -2.38. The fourth-order valence-electron chi connectivity index (χ4n) is 2.84. The quantitative estimate of drug-likeness (QED) is 0.792. The van der Waals surface area contributed by atoms with E-state index in [-0.39, 0.29) is 18.5 Å². The molecule has 24 heavy (non-hydrogen) atoms. The number of fused-ring (bicyclic) bond motifs is 1. The second-order valence-corrected chi connectivity index (χ2v) is 6.45. The number of aryl methyl sites for hydroxylation is 2. The van der Waals surface area contributed by atoms with Gasteiger partial charge in [0, 0.05) is 13.6 Å². The predicted molar refractivity (Wildman–Crippen MR) is 87.6 cm³/mol. The number of aromatic nitrogens is 4. The first kappa shape index (κ1) is 16.5. The number of carbonyl (C=O) groups is 1. The molecule has 2 aromatic heterocycles. The van der Waals surface area contributed by atoms with Gasteiger partial charge in [0.25, 0.3) is 5.56 Å². The van der Waals surface area contributed by atoms with Crippen LogP contribution >= 0.6 is 0 Å². The molecule has 2 aromatic rings. The number of carbonyl (C=O) groups excluding carboxylic acids is 1. The minimum absolute atomic E-state index is 0.00532. The maximum atomic E-state index is 12.1. The van der Waals surface area contributed by atoms with E-state index >= 15 is 0 Å². The minimum Gasteiger partial charge on any atom is -0.457 e. The van der Waals surface area contributed by atoms with Crippen molar-refractivity contribution in [2.24, 2.45) is 18.9 Å². The molecule has 8 heteroatoms. The third-order valence-electron chi connectivity index (χ3n) is 4.60. The first-order valence-corrected chi connectivity index (χ1v) is 8.29. The van der Waals surface area contributed by atoms with Crippen molar-refractivity contribution < 1.29 is 9.53 Å². The Labute approximate surface area is 138 Å². The van der Waals surface area contributed by atoms with Gasteiger partial charge in [0.15, 0.2) is 11.2 Å². The summed E-state index contributed by atoms with van der Waals surface area (Å²) in [6, 6.07) is 0. The summed E-state index contributed by atoms with van der Waals surface area (Å²) in [5, 5.41) is 0. The molecule has 0 amide bonds. The first-order valence-electron chi connectivity index (χ1n) is 8.29. The first-order chi connectivity index (χ1) is 11.4. The second kappa shape index (κ2) is 6.26. The Kier molecular flexibility index (Phi) is 4.29. The standard InChI is InChI=1S/C16H22N4O4/c1-4-5-6-20-13-12(14(21)18-16(20)23)19(3)11(17-13)8-24-15(22)10-7-9(10)2/h9-10H,4-8H2,1-3H3,(H,18,21,23)/t9-,10+/m1/s1. The lowest BCUT2D eigenvalue weighted by Crippen LogP contribution is -2.31. The van der Waals surface area contributed by atoms with Crippen LogP contribution in [0.5, 0.6) is 0 Å². The van der Waals surface area contributed by atoms with Gasteiger partial charge in [0.2, 0.25) is 0 Å². The van der Waals surface area contributed by atoms with Gasteiger partial charge in [-0.3, -0.25) is 19.1 Å². The summed E-state index contributed by atoms with van der Waals surface area (Å²) < 4.78 is 8.35. The van der Waals surface area contributed by atoms with Gasteiger partial charge in [-0.25, -0.2) is 9.78 Å². The van der Waals surface area contributed by atoms with Crippen LogP contribution in [0.1, 0.15) is 38.9 Å². The Balaban J connectivity index is 1.93. The van der Waals surface area contributed by atoms with E-state index in [1.807, 2.05) is 13.8 Å². The summed E-state index contributed by atoms with van der Waals surface area (Å²) in [7, 11) is 1.68. The molecule has 2 atom stereocenters. The number of hydrogen-bond donors (Lipinski definition) is 1. The van der Waals surface area contributed by atoms with E-state index in [9.17, 15) is 14.4 Å². The van der Waals surface area contributed by atoms with E-state index in [4.69, 9.17) is 4.74 Å². The maximum Gasteiger partial charge on any atom is 0.330 e. The highest BCUT2D eigenvalue weighted by molar-refractivity contribution is 5.75. The molecule has 1 aliphatic rings. The van der Waals surface area contributed by atoms with Crippen LogP contribution in [-0.4, -0.2) is 25.1 Å². The lowest BCUT2D eigenvalue weighted by molar-refractivity contribution is -0.147. The normalized spacial score (nSPS) is 19.6. The van der Waals surface area contributed by atoms with Crippen LogP contribution in [0.25, 0.3) is 11.2 Å². The Morgan fingerprint density at radius 2 is 2.12 bits per heavy atom. The van der Waals surface area contributed by atoms with Crippen molar-refractivity contribution in [1.29, 1.82) is 0 Å². The molecule has 1 fully saturated rings. The van der Waals surface area contributed by atoms with Gasteiger partial charge in [0.1, 0.15) is 12.4 Å². The largest absolute Gasteiger partial charge is 0.457 e. The lowest BCUT2D eigenvalue weighted by atomic mass is 10.3. The highest BCUT2D eigenvalue weighted by Gasteiger charge is 2.40. The number of ether oxygens (including phenoxy) is 1. The molecule has 0 bridgehead atoms. The number of H-pyrrole nitrogens is 1. The van der Waals surface area contributed by atoms with Gasteiger partial charge < -0.3 is 9.30 Å². The van der Waals surface area contributed by atoms with Crippen LogP contribution < -0.4 is 11.2 Å². The zero-order valence-electron chi connectivity index (χ0n) is 14.2. The smallest absolute Gasteiger partial charge is 0.330 e. The molecule has 0 unspecified atom stereocenters. The number of hydrogen-bond acceptors (Lipinski definition) is 5. The van der Waals surface area contributed by atoms with Crippen molar-refractivity contribution in [1.82, 2.24) is 19.1 Å². The highest BCUT2D eigenvalue weighted by Crippen LogP contribution is 2.38. The number of rotatable bonds is 6. The molecule has 1 saturated carbocycles. The van der Waals surface area contributed by atoms with Gasteiger partial charge in [-0.2, -0.15) is 0 Å². The van der Waals surface area contributed by atoms with Crippen molar-refractivity contribution >= 4 is 17.1 Å². The van der Waals surface area contributed by atoms with Gasteiger partial charge in [-0.15, -0.1) is 0 Å².